The number of anilines is 1. The molecule has 0 unspecified atom stereocenters. The Morgan fingerprint density at radius 2 is 2.07 bits per heavy atom. The molecule has 2 N–H and O–H groups in total. The first kappa shape index (κ1) is 19.4. The van der Waals surface area contributed by atoms with Crippen molar-refractivity contribution in [2.24, 2.45) is 4.99 Å². The normalized spacial score (nSPS) is 17.9. The van der Waals surface area contributed by atoms with Crippen LogP contribution in [0.3, 0.4) is 0 Å². The summed E-state index contributed by atoms with van der Waals surface area (Å²) < 4.78 is 13.2. The molecule has 27 heavy (non-hydrogen) atoms. The van der Waals surface area contributed by atoms with Crippen molar-refractivity contribution in [3.63, 3.8) is 0 Å². The Balaban J connectivity index is 1.65. The predicted molar refractivity (Wildman–Crippen MR) is 107 cm³/mol. The lowest BCUT2D eigenvalue weighted by atomic mass is 10.1. The number of nitrogens with zero attached hydrogens (tertiary/aromatic N) is 1. The maximum atomic E-state index is 13.2. The number of thioether (sulfide) groups is 1. The fraction of sp³-hybridized carbons (Fsp3) is 0.211. The van der Waals surface area contributed by atoms with Crippen LogP contribution in [0, 0.1) is 19.7 Å². The van der Waals surface area contributed by atoms with Crippen LogP contribution in [-0.2, 0) is 9.59 Å². The van der Waals surface area contributed by atoms with Crippen molar-refractivity contribution >= 4 is 51.7 Å². The molecule has 1 aliphatic rings. The van der Waals surface area contributed by atoms with Crippen molar-refractivity contribution in [2.75, 3.05) is 5.32 Å². The van der Waals surface area contributed by atoms with Gasteiger partial charge in [0.1, 0.15) is 11.1 Å². The second-order valence-electron chi connectivity index (χ2n) is 6.18. The van der Waals surface area contributed by atoms with E-state index in [-0.39, 0.29) is 23.3 Å². The van der Waals surface area contributed by atoms with Crippen LogP contribution >= 0.6 is 23.4 Å². The number of rotatable bonds is 4. The minimum Gasteiger partial charge on any atom is -0.326 e. The van der Waals surface area contributed by atoms with Gasteiger partial charge in [-0.05, 0) is 49.2 Å². The summed E-state index contributed by atoms with van der Waals surface area (Å²) in [6.07, 6.45) is 0.0209. The van der Waals surface area contributed by atoms with Gasteiger partial charge in [0.25, 0.3) is 0 Å². The molecular formula is C19H17ClFN3O2S. The van der Waals surface area contributed by atoms with Gasteiger partial charge < -0.3 is 10.6 Å². The summed E-state index contributed by atoms with van der Waals surface area (Å²) in [6.45, 7) is 3.85. The van der Waals surface area contributed by atoms with Crippen LogP contribution in [-0.4, -0.2) is 22.2 Å². The molecule has 0 aliphatic carbocycles. The number of aliphatic imine (C=N–C) groups is 1. The van der Waals surface area contributed by atoms with E-state index in [1.54, 1.807) is 0 Å². The summed E-state index contributed by atoms with van der Waals surface area (Å²) in [7, 11) is 0. The lowest BCUT2D eigenvalue weighted by Crippen LogP contribution is -2.28. The molecule has 2 amide bonds. The molecular weight excluding hydrogens is 389 g/mol. The van der Waals surface area contributed by atoms with E-state index in [0.29, 0.717) is 10.9 Å². The number of carbonyl (C=O) groups excluding carboxylic acids is 2. The second-order valence-corrected chi connectivity index (χ2v) is 7.78. The van der Waals surface area contributed by atoms with E-state index < -0.39 is 11.1 Å². The predicted octanol–water partition coefficient (Wildman–Crippen LogP) is 4.34. The van der Waals surface area contributed by atoms with E-state index in [4.69, 9.17) is 11.6 Å². The zero-order valence-corrected chi connectivity index (χ0v) is 16.2. The van der Waals surface area contributed by atoms with Gasteiger partial charge in [0.15, 0.2) is 5.17 Å². The van der Waals surface area contributed by atoms with Gasteiger partial charge in [0.2, 0.25) is 11.8 Å². The Labute approximate surface area is 165 Å². The zero-order chi connectivity index (χ0) is 19.6. The van der Waals surface area contributed by atoms with Crippen LogP contribution in [0.15, 0.2) is 41.4 Å². The smallest absolute Gasteiger partial charge is 0.240 e. The van der Waals surface area contributed by atoms with E-state index in [1.165, 1.54) is 18.2 Å². The molecule has 0 saturated carbocycles. The molecule has 8 heteroatoms. The lowest BCUT2D eigenvalue weighted by molar-refractivity contribution is -0.122. The third kappa shape index (κ3) is 4.87. The van der Waals surface area contributed by atoms with Gasteiger partial charge >= 0.3 is 0 Å². The lowest BCUT2D eigenvalue weighted by Gasteiger charge is -2.10. The molecule has 0 bridgehead atoms. The topological polar surface area (TPSA) is 70.6 Å². The molecule has 1 saturated heterocycles. The largest absolute Gasteiger partial charge is 0.326 e. The molecule has 2 aromatic rings. The quantitative estimate of drug-likeness (QED) is 0.794. The number of amides is 2. The van der Waals surface area contributed by atoms with E-state index in [9.17, 15) is 14.0 Å². The number of benzene rings is 2. The maximum Gasteiger partial charge on any atom is 0.240 e. The van der Waals surface area contributed by atoms with Crippen LogP contribution in [0.25, 0.3) is 0 Å². The Morgan fingerprint density at radius 1 is 1.30 bits per heavy atom. The third-order valence-corrected chi connectivity index (χ3v) is 5.32. The summed E-state index contributed by atoms with van der Waals surface area (Å²) in [5.74, 6) is -1.07. The number of hydrogen-bond acceptors (Lipinski definition) is 4. The first-order valence-corrected chi connectivity index (χ1v) is 9.46. The van der Waals surface area contributed by atoms with Gasteiger partial charge in [-0.3, -0.25) is 9.59 Å². The minimum absolute atomic E-state index is 0.0209. The molecule has 1 atom stereocenters. The molecule has 5 nitrogen and oxygen atoms in total. The molecule has 1 fully saturated rings. The highest BCUT2D eigenvalue weighted by Gasteiger charge is 2.32. The summed E-state index contributed by atoms with van der Waals surface area (Å²) in [5, 5.41) is 5.21. The molecule has 3 rings (SSSR count). The number of halogens is 2. The number of hydrogen-bond donors (Lipinski definition) is 2. The van der Waals surface area contributed by atoms with Gasteiger partial charge in [-0.25, -0.2) is 9.38 Å². The Bertz CT molecular complexity index is 949. The highest BCUT2D eigenvalue weighted by Crippen LogP contribution is 2.28. The summed E-state index contributed by atoms with van der Waals surface area (Å²) in [4.78, 5) is 28.7. The molecule has 140 valence electrons. The molecule has 1 heterocycles. The van der Waals surface area contributed by atoms with Gasteiger partial charge in [0, 0.05) is 12.1 Å². The molecule has 2 aromatic carbocycles. The SMILES string of the molecule is Cc1ccc(C)c(NC(=O)C[C@@H]2SC(=Nc3ccc(F)c(Cl)c3)NC2=O)c1. The van der Waals surface area contributed by atoms with Crippen molar-refractivity contribution in [2.45, 2.75) is 25.5 Å². The van der Waals surface area contributed by atoms with Crippen molar-refractivity contribution in [1.82, 2.24) is 5.32 Å². The van der Waals surface area contributed by atoms with Gasteiger partial charge in [-0.15, -0.1) is 0 Å². The molecule has 0 radical (unpaired) electrons. The van der Waals surface area contributed by atoms with Crippen LogP contribution in [0.2, 0.25) is 5.02 Å². The highest BCUT2D eigenvalue weighted by molar-refractivity contribution is 8.15. The maximum absolute atomic E-state index is 13.2. The minimum atomic E-state index is -0.579. The van der Waals surface area contributed by atoms with Crippen LogP contribution in [0.5, 0.6) is 0 Å². The molecule has 0 aromatic heterocycles. The van der Waals surface area contributed by atoms with Crippen molar-refractivity contribution in [1.29, 1.82) is 0 Å². The van der Waals surface area contributed by atoms with Crippen LogP contribution < -0.4 is 10.6 Å². The second kappa shape index (κ2) is 8.10. The highest BCUT2D eigenvalue weighted by atomic mass is 35.5. The van der Waals surface area contributed by atoms with Crippen LogP contribution in [0.4, 0.5) is 15.8 Å². The monoisotopic (exact) mass is 405 g/mol. The Hall–Kier alpha value is -2.38. The van der Waals surface area contributed by atoms with E-state index in [2.05, 4.69) is 15.6 Å². The number of amidine groups is 1. The average molecular weight is 406 g/mol. The first-order valence-electron chi connectivity index (χ1n) is 8.20. The summed E-state index contributed by atoms with van der Waals surface area (Å²) in [6, 6.07) is 9.83. The Kier molecular flexibility index (Phi) is 5.82. The third-order valence-electron chi connectivity index (χ3n) is 3.95. The standard InChI is InChI=1S/C19H17ClFN3O2S/c1-10-3-4-11(2)15(7-10)23-17(25)9-16-18(26)24-19(27-16)22-12-5-6-14(21)13(20)8-12/h3-8,16H,9H2,1-2H3,(H,23,25)(H,22,24,26)/t16-/m0/s1. The van der Waals surface area contributed by atoms with Gasteiger partial charge in [0.05, 0.1) is 10.7 Å². The fourth-order valence-electron chi connectivity index (χ4n) is 2.50. The molecule has 0 spiro atoms. The molecule has 1 aliphatic heterocycles. The summed E-state index contributed by atoms with van der Waals surface area (Å²) in [5.41, 5.74) is 3.15. The number of aryl methyl sites for hydroxylation is 2. The van der Waals surface area contributed by atoms with Gasteiger partial charge in [-0.1, -0.05) is 35.5 Å². The van der Waals surface area contributed by atoms with E-state index in [1.807, 2.05) is 32.0 Å². The van der Waals surface area contributed by atoms with Crippen molar-refractivity contribution in [3.8, 4) is 0 Å². The van der Waals surface area contributed by atoms with Crippen molar-refractivity contribution in [3.05, 3.63) is 58.4 Å². The van der Waals surface area contributed by atoms with Gasteiger partial charge in [-0.2, -0.15) is 0 Å². The van der Waals surface area contributed by atoms with Crippen LogP contribution in [0.1, 0.15) is 17.5 Å². The summed E-state index contributed by atoms with van der Waals surface area (Å²) >= 11 is 6.90. The van der Waals surface area contributed by atoms with E-state index >= 15 is 0 Å². The van der Waals surface area contributed by atoms with E-state index in [0.717, 1.165) is 28.6 Å². The zero-order valence-electron chi connectivity index (χ0n) is 14.7. The first-order chi connectivity index (χ1) is 12.8. The number of carbonyl (C=O) groups is 2. The fourth-order valence-corrected chi connectivity index (χ4v) is 3.67. The number of nitrogens with one attached hydrogen (secondary N) is 2. The van der Waals surface area contributed by atoms with Crippen molar-refractivity contribution < 1.29 is 14.0 Å². The average Bonchev–Trinajstić information content (AvgIpc) is 2.93. The Morgan fingerprint density at radius 3 is 2.81 bits per heavy atom.